The molecule has 0 fully saturated rings. The fourth-order valence-electron chi connectivity index (χ4n) is 1.45. The van der Waals surface area contributed by atoms with Gasteiger partial charge in [-0.1, -0.05) is 15.9 Å². The van der Waals surface area contributed by atoms with E-state index in [0.29, 0.717) is 23.2 Å². The molecule has 2 amide bonds. The van der Waals surface area contributed by atoms with E-state index in [1.54, 1.807) is 12.3 Å². The summed E-state index contributed by atoms with van der Waals surface area (Å²) in [5, 5.41) is 14.1. The Morgan fingerprint density at radius 1 is 1.40 bits per heavy atom. The van der Waals surface area contributed by atoms with Crippen LogP contribution in [0.3, 0.4) is 0 Å². The number of hydrogen-bond acceptors (Lipinski definition) is 3. The third kappa shape index (κ3) is 5.70. The molecule has 0 heterocycles. The maximum atomic E-state index is 11.6. The van der Waals surface area contributed by atoms with Crippen LogP contribution in [0.2, 0.25) is 0 Å². The van der Waals surface area contributed by atoms with Crippen LogP contribution in [0.15, 0.2) is 22.7 Å². The van der Waals surface area contributed by atoms with Crippen molar-refractivity contribution in [3.05, 3.63) is 28.2 Å². The van der Waals surface area contributed by atoms with Gasteiger partial charge in [0, 0.05) is 33.8 Å². The number of carboxylic acid groups (broad SMARTS) is 1. The van der Waals surface area contributed by atoms with Crippen molar-refractivity contribution in [2.75, 3.05) is 23.9 Å². The van der Waals surface area contributed by atoms with Gasteiger partial charge in [0.15, 0.2) is 0 Å². The van der Waals surface area contributed by atoms with Gasteiger partial charge in [0.2, 0.25) is 0 Å². The van der Waals surface area contributed by atoms with Crippen molar-refractivity contribution in [3.63, 3.8) is 0 Å². The summed E-state index contributed by atoms with van der Waals surface area (Å²) in [6.07, 6.45) is 2.20. The highest BCUT2D eigenvalue weighted by atomic mass is 79.9. The van der Waals surface area contributed by atoms with Crippen molar-refractivity contribution in [1.82, 2.24) is 5.32 Å². The van der Waals surface area contributed by atoms with Crippen LogP contribution >= 0.6 is 15.9 Å². The van der Waals surface area contributed by atoms with Crippen LogP contribution in [0.4, 0.5) is 10.5 Å². The monoisotopic (exact) mass is 362 g/mol. The molecule has 1 aromatic carbocycles. The largest absolute Gasteiger partial charge is 0.478 e. The minimum absolute atomic E-state index is 0.0120. The highest BCUT2D eigenvalue weighted by molar-refractivity contribution is 9.10. The molecular weight excluding hydrogens is 348 g/mol. The van der Waals surface area contributed by atoms with E-state index in [2.05, 4.69) is 26.6 Å². The number of nitrogens with one attached hydrogen (secondary N) is 2. The topological polar surface area (TPSA) is 95.5 Å². The van der Waals surface area contributed by atoms with Crippen LogP contribution in [-0.2, 0) is 10.8 Å². The molecule has 1 unspecified atom stereocenters. The zero-order chi connectivity index (χ0) is 15.1. The summed E-state index contributed by atoms with van der Waals surface area (Å²) < 4.78 is 11.5. The molecule has 0 aliphatic heterocycles. The molecular formula is C12H15BrN2O4S. The summed E-state index contributed by atoms with van der Waals surface area (Å²) in [7, 11) is -0.887. The number of amides is 2. The number of aromatic carboxylic acids is 1. The van der Waals surface area contributed by atoms with Crippen LogP contribution in [0.1, 0.15) is 16.8 Å². The maximum Gasteiger partial charge on any atom is 0.337 e. The molecule has 3 N–H and O–H groups in total. The Morgan fingerprint density at radius 2 is 2.10 bits per heavy atom. The molecule has 1 rings (SSSR count). The van der Waals surface area contributed by atoms with Crippen molar-refractivity contribution in [2.24, 2.45) is 0 Å². The Morgan fingerprint density at radius 3 is 2.70 bits per heavy atom. The van der Waals surface area contributed by atoms with Gasteiger partial charge in [0.05, 0.1) is 11.3 Å². The molecule has 0 aliphatic rings. The molecule has 0 aliphatic carbocycles. The molecule has 1 atom stereocenters. The maximum absolute atomic E-state index is 11.6. The average Bonchev–Trinajstić information content (AvgIpc) is 2.34. The number of carbonyl (C=O) groups excluding carboxylic acids is 1. The lowest BCUT2D eigenvalue weighted by atomic mass is 10.2. The summed E-state index contributed by atoms with van der Waals surface area (Å²) in [6.45, 7) is 0.377. The van der Waals surface area contributed by atoms with Crippen LogP contribution in [0, 0.1) is 0 Å². The van der Waals surface area contributed by atoms with Crippen molar-refractivity contribution >= 4 is 44.4 Å². The standard InChI is InChI=1S/C12H15BrN2O4S/c1-20(19)6-2-5-14-12(18)15-10-7-8(13)3-4-9(10)11(16)17/h3-4,7H,2,5-6H2,1H3,(H,16,17)(H2,14,15,18). The van der Waals surface area contributed by atoms with Gasteiger partial charge < -0.3 is 15.7 Å². The van der Waals surface area contributed by atoms with E-state index >= 15 is 0 Å². The zero-order valence-electron chi connectivity index (χ0n) is 10.8. The average molecular weight is 363 g/mol. The molecule has 110 valence electrons. The van der Waals surface area contributed by atoms with Gasteiger partial charge in [0.25, 0.3) is 0 Å². The van der Waals surface area contributed by atoms with Gasteiger partial charge >= 0.3 is 12.0 Å². The molecule has 0 saturated heterocycles. The van der Waals surface area contributed by atoms with E-state index in [-0.39, 0.29) is 11.3 Å². The van der Waals surface area contributed by atoms with Gasteiger partial charge in [-0.15, -0.1) is 0 Å². The van der Waals surface area contributed by atoms with Gasteiger partial charge in [-0.05, 0) is 24.6 Å². The minimum atomic E-state index is -1.12. The molecule has 0 spiro atoms. The lowest BCUT2D eigenvalue weighted by Crippen LogP contribution is -2.30. The summed E-state index contributed by atoms with van der Waals surface area (Å²) in [4.78, 5) is 22.7. The van der Waals surface area contributed by atoms with Crippen LogP contribution in [0.25, 0.3) is 0 Å². The zero-order valence-corrected chi connectivity index (χ0v) is 13.2. The smallest absolute Gasteiger partial charge is 0.337 e. The predicted molar refractivity (Wildman–Crippen MR) is 81.7 cm³/mol. The normalized spacial score (nSPS) is 11.7. The summed E-state index contributed by atoms with van der Waals surface area (Å²) in [5.74, 6) is -0.605. The molecule has 0 saturated carbocycles. The first-order valence-corrected chi connectivity index (χ1v) is 8.30. The van der Waals surface area contributed by atoms with Gasteiger partial charge in [-0.2, -0.15) is 0 Å². The first kappa shape index (κ1) is 16.6. The lowest BCUT2D eigenvalue weighted by Gasteiger charge is -2.10. The highest BCUT2D eigenvalue weighted by Crippen LogP contribution is 2.21. The van der Waals surface area contributed by atoms with Crippen molar-refractivity contribution < 1.29 is 18.9 Å². The first-order valence-electron chi connectivity index (χ1n) is 5.78. The Labute approximate surface area is 127 Å². The quantitative estimate of drug-likeness (QED) is 0.674. The van der Waals surface area contributed by atoms with Crippen LogP contribution in [-0.4, -0.2) is 39.9 Å². The SMILES string of the molecule is CS(=O)CCCNC(=O)Nc1cc(Br)ccc1C(=O)O. The Bertz CT molecular complexity index is 536. The molecule has 1 aromatic rings. The number of halogens is 1. The summed E-state index contributed by atoms with van der Waals surface area (Å²) >= 11 is 3.22. The van der Waals surface area contributed by atoms with Crippen molar-refractivity contribution in [2.45, 2.75) is 6.42 Å². The van der Waals surface area contributed by atoms with Crippen molar-refractivity contribution in [1.29, 1.82) is 0 Å². The number of carboxylic acids is 1. The summed E-state index contributed by atoms with van der Waals surface area (Å²) in [5.41, 5.74) is 0.224. The number of anilines is 1. The van der Waals surface area contributed by atoms with E-state index in [1.165, 1.54) is 12.1 Å². The number of carbonyl (C=O) groups is 2. The number of urea groups is 1. The lowest BCUT2D eigenvalue weighted by molar-refractivity contribution is 0.0698. The summed E-state index contributed by atoms with van der Waals surface area (Å²) in [6, 6.07) is 4.02. The molecule has 0 radical (unpaired) electrons. The predicted octanol–water partition coefficient (Wildman–Crippen LogP) is 2.04. The number of benzene rings is 1. The second-order valence-corrected chi connectivity index (χ2v) is 6.48. The molecule has 20 heavy (non-hydrogen) atoms. The number of rotatable bonds is 6. The van der Waals surface area contributed by atoms with E-state index in [1.807, 2.05) is 0 Å². The number of hydrogen-bond donors (Lipinski definition) is 3. The third-order valence-corrected chi connectivity index (χ3v) is 3.71. The Balaban J connectivity index is 2.59. The van der Waals surface area contributed by atoms with Gasteiger partial charge in [-0.25, -0.2) is 9.59 Å². The second-order valence-electron chi connectivity index (χ2n) is 4.01. The highest BCUT2D eigenvalue weighted by Gasteiger charge is 2.12. The van der Waals surface area contributed by atoms with E-state index in [4.69, 9.17) is 5.11 Å². The molecule has 6 nitrogen and oxygen atoms in total. The fraction of sp³-hybridized carbons (Fsp3) is 0.333. The van der Waals surface area contributed by atoms with Gasteiger partial charge in [-0.3, -0.25) is 4.21 Å². The third-order valence-electron chi connectivity index (χ3n) is 2.35. The first-order chi connectivity index (χ1) is 9.40. The van der Waals surface area contributed by atoms with Crippen LogP contribution in [0.5, 0.6) is 0 Å². The van der Waals surface area contributed by atoms with Crippen LogP contribution < -0.4 is 10.6 Å². The molecule has 0 aromatic heterocycles. The van der Waals surface area contributed by atoms with E-state index in [9.17, 15) is 13.8 Å². The van der Waals surface area contributed by atoms with Gasteiger partial charge in [0.1, 0.15) is 0 Å². The fourth-order valence-corrected chi connectivity index (χ4v) is 2.36. The Kier molecular flexibility index (Phi) is 6.66. The van der Waals surface area contributed by atoms with E-state index in [0.717, 1.165) is 0 Å². The molecule has 0 bridgehead atoms. The van der Waals surface area contributed by atoms with Crippen molar-refractivity contribution in [3.8, 4) is 0 Å². The second kappa shape index (κ2) is 8.01. The van der Waals surface area contributed by atoms with E-state index < -0.39 is 22.8 Å². The Hall–Kier alpha value is -1.41. The molecule has 8 heteroatoms. The minimum Gasteiger partial charge on any atom is -0.478 e.